The lowest BCUT2D eigenvalue weighted by Crippen LogP contribution is -2.43. The molecule has 2 saturated heterocycles. The molecule has 1 aromatic heterocycles. The fourth-order valence-corrected chi connectivity index (χ4v) is 4.81. The highest BCUT2D eigenvalue weighted by Crippen LogP contribution is 2.22. The molecule has 0 saturated carbocycles. The molecule has 1 N–H and O–H groups in total. The first-order valence-electron chi connectivity index (χ1n) is 8.38. The molecule has 8 nitrogen and oxygen atoms in total. The van der Waals surface area contributed by atoms with Crippen molar-refractivity contribution in [2.75, 3.05) is 31.9 Å². The number of rotatable bonds is 6. The molecule has 0 unspecified atom stereocenters. The number of amides is 1. The molecular formula is C15H23FN4O4S. The van der Waals surface area contributed by atoms with Crippen LogP contribution in [0.5, 0.6) is 0 Å². The van der Waals surface area contributed by atoms with Crippen molar-refractivity contribution < 1.29 is 22.1 Å². The molecule has 2 atom stereocenters. The first-order valence-corrected chi connectivity index (χ1v) is 9.99. The van der Waals surface area contributed by atoms with Crippen LogP contribution in [0.3, 0.4) is 0 Å². The van der Waals surface area contributed by atoms with Gasteiger partial charge in [0.1, 0.15) is 6.17 Å². The summed E-state index contributed by atoms with van der Waals surface area (Å²) in [5.41, 5.74) is 0.766. The highest BCUT2D eigenvalue weighted by atomic mass is 32.2. The van der Waals surface area contributed by atoms with Crippen molar-refractivity contribution in [3.05, 3.63) is 17.5 Å². The first kappa shape index (κ1) is 18.3. The molecule has 0 bridgehead atoms. The van der Waals surface area contributed by atoms with Crippen molar-refractivity contribution in [1.82, 2.24) is 19.7 Å². The highest BCUT2D eigenvalue weighted by Gasteiger charge is 2.34. The summed E-state index contributed by atoms with van der Waals surface area (Å²) < 4.78 is 43.6. The second kappa shape index (κ2) is 7.38. The zero-order valence-electron chi connectivity index (χ0n) is 14.1. The maximum absolute atomic E-state index is 13.8. The van der Waals surface area contributed by atoms with E-state index in [9.17, 15) is 17.6 Å². The minimum atomic E-state index is -3.29. The number of alkyl halides is 1. The second-order valence-electron chi connectivity index (χ2n) is 6.66. The van der Waals surface area contributed by atoms with Crippen molar-refractivity contribution >= 4 is 15.9 Å². The highest BCUT2D eigenvalue weighted by molar-refractivity contribution is 7.89. The van der Waals surface area contributed by atoms with Gasteiger partial charge >= 0.3 is 0 Å². The average molecular weight is 374 g/mol. The Kier molecular flexibility index (Phi) is 5.40. The van der Waals surface area contributed by atoms with Gasteiger partial charge < -0.3 is 9.84 Å². The topological polar surface area (TPSA) is 95.8 Å². The number of carbonyl (C=O) groups is 1. The van der Waals surface area contributed by atoms with E-state index in [-0.39, 0.29) is 37.3 Å². The van der Waals surface area contributed by atoms with E-state index in [4.69, 9.17) is 4.52 Å². The number of hydrogen-bond acceptors (Lipinski definition) is 6. The van der Waals surface area contributed by atoms with Crippen LogP contribution >= 0.6 is 0 Å². The molecule has 140 valence electrons. The van der Waals surface area contributed by atoms with Crippen molar-refractivity contribution in [3.8, 4) is 0 Å². The van der Waals surface area contributed by atoms with Gasteiger partial charge in [-0.25, -0.2) is 12.8 Å². The number of aryl methyl sites for hydroxylation is 1. The van der Waals surface area contributed by atoms with Crippen LogP contribution < -0.4 is 5.32 Å². The van der Waals surface area contributed by atoms with E-state index in [0.717, 1.165) is 5.69 Å². The Hall–Kier alpha value is -1.52. The van der Waals surface area contributed by atoms with Crippen LogP contribution in [0.1, 0.15) is 24.3 Å². The zero-order chi connectivity index (χ0) is 18.0. The smallest absolute Gasteiger partial charge is 0.235 e. The van der Waals surface area contributed by atoms with Crippen LogP contribution in [0.4, 0.5) is 4.39 Å². The Morgan fingerprint density at radius 3 is 2.96 bits per heavy atom. The predicted octanol–water partition coefficient (Wildman–Crippen LogP) is 0.0471. The van der Waals surface area contributed by atoms with Gasteiger partial charge in [0.25, 0.3) is 0 Å². The lowest BCUT2D eigenvalue weighted by Gasteiger charge is -2.23. The van der Waals surface area contributed by atoms with E-state index in [0.29, 0.717) is 31.7 Å². The molecule has 0 spiro atoms. The molecule has 2 aliphatic heterocycles. The third kappa shape index (κ3) is 4.56. The van der Waals surface area contributed by atoms with Gasteiger partial charge in [0, 0.05) is 31.7 Å². The zero-order valence-corrected chi connectivity index (χ0v) is 15.0. The summed E-state index contributed by atoms with van der Waals surface area (Å²) >= 11 is 0. The number of halogens is 1. The minimum Gasteiger partial charge on any atom is -0.360 e. The second-order valence-corrected chi connectivity index (χ2v) is 8.75. The molecule has 2 aliphatic rings. The van der Waals surface area contributed by atoms with Crippen LogP contribution in [0.2, 0.25) is 0 Å². The Morgan fingerprint density at radius 1 is 1.52 bits per heavy atom. The Labute approximate surface area is 146 Å². The van der Waals surface area contributed by atoms with Crippen molar-refractivity contribution in [2.24, 2.45) is 0 Å². The molecule has 3 rings (SSSR count). The third-order valence-corrected chi connectivity index (χ3v) is 6.47. The predicted molar refractivity (Wildman–Crippen MR) is 87.9 cm³/mol. The van der Waals surface area contributed by atoms with Gasteiger partial charge in [0.2, 0.25) is 15.9 Å². The van der Waals surface area contributed by atoms with E-state index in [1.165, 1.54) is 4.31 Å². The van der Waals surface area contributed by atoms with E-state index < -0.39 is 16.2 Å². The van der Waals surface area contributed by atoms with Crippen molar-refractivity contribution in [1.29, 1.82) is 0 Å². The molecular weight excluding hydrogens is 351 g/mol. The standard InChI is InChI=1S/C15H23FN4O4S/c1-11-5-14(24-18-11)9-19-8-12(16)6-13(19)7-17-15(21)10-20-3-2-4-25(20,22)23/h5,12-13H,2-4,6-10H2,1H3,(H,17,21)/t12-,13-/m0/s1. The van der Waals surface area contributed by atoms with E-state index in [1.807, 2.05) is 11.8 Å². The number of aromatic nitrogens is 1. The molecule has 1 aromatic rings. The van der Waals surface area contributed by atoms with E-state index >= 15 is 0 Å². The molecule has 0 aromatic carbocycles. The summed E-state index contributed by atoms with van der Waals surface area (Å²) in [5, 5.41) is 6.55. The molecule has 2 fully saturated rings. The van der Waals surface area contributed by atoms with Gasteiger partial charge in [-0.2, -0.15) is 4.31 Å². The number of nitrogens with zero attached hydrogens (tertiary/aromatic N) is 3. The maximum Gasteiger partial charge on any atom is 0.235 e. The van der Waals surface area contributed by atoms with Crippen LogP contribution in [0.15, 0.2) is 10.6 Å². The van der Waals surface area contributed by atoms with Gasteiger partial charge in [0.05, 0.1) is 24.5 Å². The lowest BCUT2D eigenvalue weighted by molar-refractivity contribution is -0.121. The average Bonchev–Trinajstić information content (AvgIpc) is 3.18. The quantitative estimate of drug-likeness (QED) is 0.756. The van der Waals surface area contributed by atoms with Crippen LogP contribution in [0.25, 0.3) is 0 Å². The normalized spacial score (nSPS) is 27.0. The number of nitrogens with one attached hydrogen (secondary N) is 1. The number of carbonyl (C=O) groups excluding carboxylic acids is 1. The third-order valence-electron chi connectivity index (χ3n) is 4.57. The van der Waals surface area contributed by atoms with Gasteiger partial charge in [-0.15, -0.1) is 0 Å². The molecule has 1 amide bonds. The SMILES string of the molecule is Cc1cc(CN2C[C@@H](F)C[C@H]2CNC(=O)CN2CCCS2(=O)=O)on1. The van der Waals surface area contributed by atoms with E-state index in [1.54, 1.807) is 6.07 Å². The Balaban J connectivity index is 1.51. The van der Waals surface area contributed by atoms with Gasteiger partial charge in [-0.05, 0) is 19.8 Å². The summed E-state index contributed by atoms with van der Waals surface area (Å²) in [4.78, 5) is 13.9. The summed E-state index contributed by atoms with van der Waals surface area (Å²) in [5.74, 6) is 0.394. The monoisotopic (exact) mass is 374 g/mol. The molecule has 3 heterocycles. The molecule has 25 heavy (non-hydrogen) atoms. The van der Waals surface area contributed by atoms with Crippen LogP contribution in [-0.4, -0.2) is 72.8 Å². The van der Waals surface area contributed by atoms with Gasteiger partial charge in [-0.1, -0.05) is 5.16 Å². The van der Waals surface area contributed by atoms with Gasteiger partial charge in [0.15, 0.2) is 5.76 Å². The largest absolute Gasteiger partial charge is 0.360 e. The first-order chi connectivity index (χ1) is 11.8. The van der Waals surface area contributed by atoms with E-state index in [2.05, 4.69) is 10.5 Å². The summed E-state index contributed by atoms with van der Waals surface area (Å²) in [6.45, 7) is 3.01. The number of sulfonamides is 1. The Bertz CT molecular complexity index is 723. The summed E-state index contributed by atoms with van der Waals surface area (Å²) in [7, 11) is -3.29. The number of likely N-dealkylation sites (tertiary alicyclic amines) is 1. The summed E-state index contributed by atoms with van der Waals surface area (Å²) in [6.07, 6.45) is -0.0773. The minimum absolute atomic E-state index is 0.0941. The molecule has 10 heteroatoms. The molecule has 0 aliphatic carbocycles. The van der Waals surface area contributed by atoms with Crippen LogP contribution in [0, 0.1) is 6.92 Å². The Morgan fingerprint density at radius 2 is 2.32 bits per heavy atom. The van der Waals surface area contributed by atoms with Gasteiger partial charge in [-0.3, -0.25) is 9.69 Å². The number of hydrogen-bond donors (Lipinski definition) is 1. The maximum atomic E-state index is 13.8. The van der Waals surface area contributed by atoms with Crippen molar-refractivity contribution in [3.63, 3.8) is 0 Å². The lowest BCUT2D eigenvalue weighted by atomic mass is 10.2. The fourth-order valence-electron chi connectivity index (χ4n) is 3.34. The molecule has 0 radical (unpaired) electrons. The summed E-state index contributed by atoms with van der Waals surface area (Å²) in [6, 6.07) is 1.65. The van der Waals surface area contributed by atoms with Crippen LogP contribution in [-0.2, 0) is 21.4 Å². The fraction of sp³-hybridized carbons (Fsp3) is 0.733. The van der Waals surface area contributed by atoms with Crippen molar-refractivity contribution in [2.45, 2.75) is 38.5 Å².